The normalized spacial score (nSPS) is 22.5. The van der Waals surface area contributed by atoms with Crippen LogP contribution in [0.5, 0.6) is 11.5 Å². The van der Waals surface area contributed by atoms with Gasteiger partial charge in [-0.3, -0.25) is 4.67 Å². The van der Waals surface area contributed by atoms with E-state index in [-0.39, 0.29) is 18.0 Å². The van der Waals surface area contributed by atoms with Gasteiger partial charge >= 0.3 is 0 Å². The second-order valence-electron chi connectivity index (χ2n) is 8.34. The summed E-state index contributed by atoms with van der Waals surface area (Å²) < 4.78 is 27.1. The number of aliphatic hydroxyl groups excluding tert-OH is 2. The number of rotatable bonds is 6. The number of aliphatic hydroxyl groups is 2. The number of hydrogen-bond acceptors (Lipinski definition) is 5. The van der Waals surface area contributed by atoms with Gasteiger partial charge in [-0.15, -0.1) is 0 Å². The quantitative estimate of drug-likeness (QED) is 0.686. The molecule has 0 spiro atoms. The average Bonchev–Trinajstić information content (AvgIpc) is 2.72. The molecule has 2 aliphatic rings. The van der Waals surface area contributed by atoms with Crippen LogP contribution in [0.25, 0.3) is 0 Å². The van der Waals surface area contributed by atoms with Gasteiger partial charge in [-0.1, -0.05) is 27.1 Å². The van der Waals surface area contributed by atoms with E-state index in [9.17, 15) is 14.6 Å². The number of fused-ring (bicyclic) bond motifs is 2. The molecule has 0 radical (unpaired) electrons. The van der Waals surface area contributed by atoms with Gasteiger partial charge in [0.2, 0.25) is 0 Å². The smallest absolute Gasteiger partial charge is 0.126 e. The molecule has 2 N–H and O–H groups in total. The summed E-state index contributed by atoms with van der Waals surface area (Å²) in [7, 11) is 2.57. The average molecular weight is 433 g/mol. The van der Waals surface area contributed by atoms with E-state index in [1.165, 1.54) is 23.3 Å². The Kier molecular flexibility index (Phi) is 6.59. The summed E-state index contributed by atoms with van der Waals surface area (Å²) >= 11 is 0. The lowest BCUT2D eigenvalue weighted by molar-refractivity contribution is -0.00755. The zero-order valence-electron chi connectivity index (χ0n) is 17.1. The van der Waals surface area contributed by atoms with Crippen LogP contribution in [0.1, 0.15) is 29.5 Å². The highest BCUT2D eigenvalue weighted by atomic mass is 31.0. The molecule has 2 aromatic carbocycles. The molecule has 0 saturated heterocycles. The van der Waals surface area contributed by atoms with Gasteiger partial charge in [0.15, 0.2) is 0 Å². The molecular weight excluding hydrogens is 404 g/mol. The summed E-state index contributed by atoms with van der Waals surface area (Å²) in [5, 5.41) is 21.3. The fourth-order valence-electron chi connectivity index (χ4n) is 4.25. The summed E-state index contributed by atoms with van der Waals surface area (Å²) in [5.74, 6) is 1.20. The van der Waals surface area contributed by atoms with Gasteiger partial charge in [0.1, 0.15) is 41.7 Å². The molecule has 5 atom stereocenters. The van der Waals surface area contributed by atoms with Crippen molar-refractivity contribution in [3.8, 4) is 11.5 Å². The fraction of sp³-hybridized carbons (Fsp3) is 0.478. The van der Waals surface area contributed by atoms with Crippen LogP contribution >= 0.6 is 9.39 Å². The lowest BCUT2D eigenvalue weighted by Gasteiger charge is -2.34. The zero-order chi connectivity index (χ0) is 21.3. The third-order valence-electron chi connectivity index (χ3n) is 5.89. The first-order chi connectivity index (χ1) is 14.4. The van der Waals surface area contributed by atoms with Crippen molar-refractivity contribution in [2.24, 2.45) is 0 Å². The number of aryl methyl sites for hydroxylation is 3. The van der Waals surface area contributed by atoms with Gasteiger partial charge in [-0.2, -0.15) is 0 Å². The minimum atomic E-state index is -0.719. The maximum absolute atomic E-state index is 13.3. The number of benzene rings is 2. The SMILES string of the molecule is Cc1ccc2c(c1)CC[C@H]([C@H](O)CN(P)C[C@@H](O)[C@@H]1CCc3cc(F)ccc3O1)O2. The minimum Gasteiger partial charge on any atom is -0.487 e. The van der Waals surface area contributed by atoms with Gasteiger partial charge in [-0.25, -0.2) is 4.39 Å². The Morgan fingerprint density at radius 1 is 0.967 bits per heavy atom. The van der Waals surface area contributed by atoms with Crippen LogP contribution in [0.15, 0.2) is 36.4 Å². The maximum atomic E-state index is 13.3. The Morgan fingerprint density at radius 2 is 1.50 bits per heavy atom. The van der Waals surface area contributed by atoms with Gasteiger partial charge in [0.05, 0.1) is 0 Å². The first-order valence-corrected chi connectivity index (χ1v) is 11.0. The maximum Gasteiger partial charge on any atom is 0.126 e. The van der Waals surface area contributed by atoms with Crippen LogP contribution in [0, 0.1) is 12.7 Å². The van der Waals surface area contributed by atoms with Crippen molar-refractivity contribution in [1.82, 2.24) is 4.67 Å². The number of nitrogens with zero attached hydrogens (tertiary/aromatic N) is 1. The number of halogens is 1. The van der Waals surface area contributed by atoms with Crippen molar-refractivity contribution in [3.63, 3.8) is 0 Å². The molecule has 0 amide bonds. The van der Waals surface area contributed by atoms with E-state index in [0.717, 1.165) is 24.2 Å². The van der Waals surface area contributed by atoms with Crippen molar-refractivity contribution in [1.29, 1.82) is 0 Å². The molecule has 0 bridgehead atoms. The van der Waals surface area contributed by atoms with Crippen LogP contribution < -0.4 is 9.47 Å². The van der Waals surface area contributed by atoms with Crippen molar-refractivity contribution in [2.45, 2.75) is 57.0 Å². The molecule has 0 aromatic heterocycles. The minimum absolute atomic E-state index is 0.270. The third kappa shape index (κ3) is 4.94. The van der Waals surface area contributed by atoms with Crippen LogP contribution in [-0.2, 0) is 12.8 Å². The largest absolute Gasteiger partial charge is 0.487 e. The first-order valence-electron chi connectivity index (χ1n) is 10.5. The lowest BCUT2D eigenvalue weighted by atomic mass is 9.97. The van der Waals surface area contributed by atoms with E-state index in [1.54, 1.807) is 6.07 Å². The molecule has 0 fully saturated rings. The molecule has 162 valence electrons. The molecule has 2 aromatic rings. The van der Waals surface area contributed by atoms with E-state index in [0.29, 0.717) is 31.7 Å². The molecule has 5 nitrogen and oxygen atoms in total. The van der Waals surface area contributed by atoms with Gasteiger partial charge < -0.3 is 19.7 Å². The van der Waals surface area contributed by atoms with E-state index in [1.807, 2.05) is 16.8 Å². The third-order valence-corrected chi connectivity index (χ3v) is 6.31. The summed E-state index contributed by atoms with van der Waals surface area (Å²) in [6, 6.07) is 10.6. The standard InChI is InChI=1S/C23H29FNO4P/c1-14-2-6-20-15(10-14)3-7-22(28-20)18(26)12-25(30)13-19(27)23-8-4-16-11-17(24)5-9-21(16)29-23/h2,5-6,9-11,18-19,22-23,26-27H,3-4,7-8,12-13,30H2,1H3/t18-,19-,22-,23+/m1/s1. The Balaban J connectivity index is 1.28. The van der Waals surface area contributed by atoms with Gasteiger partial charge in [-0.05, 0) is 68.0 Å². The first kappa shape index (κ1) is 21.5. The van der Waals surface area contributed by atoms with Gasteiger partial charge in [0.25, 0.3) is 0 Å². The van der Waals surface area contributed by atoms with Crippen LogP contribution in [-0.4, -0.2) is 52.4 Å². The predicted molar refractivity (Wildman–Crippen MR) is 116 cm³/mol. The summed E-state index contributed by atoms with van der Waals surface area (Å²) in [5.41, 5.74) is 3.23. The second kappa shape index (κ2) is 9.19. The Labute approximate surface area is 179 Å². The highest BCUT2D eigenvalue weighted by Crippen LogP contribution is 2.31. The zero-order valence-corrected chi connectivity index (χ0v) is 18.3. The van der Waals surface area contributed by atoms with Crippen molar-refractivity contribution in [2.75, 3.05) is 13.1 Å². The molecule has 30 heavy (non-hydrogen) atoms. The molecule has 0 aliphatic carbocycles. The lowest BCUT2D eigenvalue weighted by Crippen LogP contribution is -2.45. The molecule has 7 heteroatoms. The van der Waals surface area contributed by atoms with E-state index in [2.05, 4.69) is 22.4 Å². The molecule has 0 saturated carbocycles. The van der Waals surface area contributed by atoms with E-state index < -0.39 is 12.2 Å². The predicted octanol–water partition coefficient (Wildman–Crippen LogP) is 3.04. The Morgan fingerprint density at radius 3 is 2.10 bits per heavy atom. The Bertz CT molecular complexity index is 824. The van der Waals surface area contributed by atoms with Crippen LogP contribution in [0.2, 0.25) is 0 Å². The van der Waals surface area contributed by atoms with Crippen LogP contribution in [0.3, 0.4) is 0 Å². The van der Waals surface area contributed by atoms with Crippen molar-refractivity contribution >= 4 is 9.39 Å². The summed E-state index contributed by atoms with van der Waals surface area (Å²) in [6.45, 7) is 2.76. The number of ether oxygens (including phenoxy) is 2. The van der Waals surface area contributed by atoms with Gasteiger partial charge in [0, 0.05) is 13.1 Å². The highest BCUT2D eigenvalue weighted by molar-refractivity contribution is 7.13. The second-order valence-corrected chi connectivity index (χ2v) is 9.07. The summed E-state index contributed by atoms with van der Waals surface area (Å²) in [4.78, 5) is 0. The highest BCUT2D eigenvalue weighted by Gasteiger charge is 2.30. The molecule has 2 heterocycles. The number of hydrogen-bond donors (Lipinski definition) is 2. The van der Waals surface area contributed by atoms with Crippen molar-refractivity contribution < 1.29 is 24.1 Å². The molecule has 4 rings (SSSR count). The van der Waals surface area contributed by atoms with E-state index >= 15 is 0 Å². The molecule has 1 unspecified atom stereocenters. The topological polar surface area (TPSA) is 62.2 Å². The molecule has 2 aliphatic heterocycles. The molecular formula is C23H29FNO4P. The van der Waals surface area contributed by atoms with Crippen LogP contribution in [0.4, 0.5) is 4.39 Å². The fourth-order valence-corrected chi connectivity index (χ4v) is 4.68. The monoisotopic (exact) mass is 433 g/mol. The van der Waals surface area contributed by atoms with Crippen molar-refractivity contribution in [3.05, 3.63) is 58.9 Å². The van der Waals surface area contributed by atoms with E-state index in [4.69, 9.17) is 9.47 Å². The Hall–Kier alpha value is -1.72. The summed E-state index contributed by atoms with van der Waals surface area (Å²) in [6.07, 6.45) is 0.927.